The second-order valence-electron chi connectivity index (χ2n) is 7.05. The molecule has 1 unspecified atom stereocenters. The molecule has 2 aromatic rings. The first kappa shape index (κ1) is 19.5. The summed E-state index contributed by atoms with van der Waals surface area (Å²) >= 11 is 0. The number of nitrogens with zero attached hydrogens (tertiary/aromatic N) is 1. The minimum Gasteiger partial charge on any atom is -0.508 e. The lowest BCUT2D eigenvalue weighted by atomic mass is 9.92. The van der Waals surface area contributed by atoms with Crippen LogP contribution in [0.2, 0.25) is 0 Å². The highest BCUT2D eigenvalue weighted by Crippen LogP contribution is 2.42. The summed E-state index contributed by atoms with van der Waals surface area (Å²) in [5.41, 5.74) is -0.194. The maximum atomic E-state index is 14.4. The van der Waals surface area contributed by atoms with Crippen LogP contribution in [0.4, 0.5) is 14.5 Å². The molecule has 146 valence electrons. The lowest BCUT2D eigenvalue weighted by molar-refractivity contribution is -0.118. The lowest BCUT2D eigenvalue weighted by Crippen LogP contribution is -2.32. The van der Waals surface area contributed by atoms with Gasteiger partial charge >= 0.3 is 0 Å². The molecule has 2 N–H and O–H groups in total. The number of anilines is 1. The molecule has 0 bridgehead atoms. The second kappa shape index (κ2) is 7.42. The number of hydrogen-bond donors (Lipinski definition) is 2. The van der Waals surface area contributed by atoms with Gasteiger partial charge in [0.1, 0.15) is 17.4 Å². The van der Waals surface area contributed by atoms with Crippen molar-refractivity contribution in [2.45, 2.75) is 26.3 Å². The summed E-state index contributed by atoms with van der Waals surface area (Å²) in [7, 11) is 0. The summed E-state index contributed by atoms with van der Waals surface area (Å²) in [5.74, 6) is -3.96. The molecule has 0 fully saturated rings. The van der Waals surface area contributed by atoms with Gasteiger partial charge in [0.15, 0.2) is 11.5 Å². The van der Waals surface area contributed by atoms with Gasteiger partial charge in [-0.15, -0.1) is 0 Å². The fraction of sp³-hybridized carbons (Fsp3) is 0.238. The highest BCUT2D eigenvalue weighted by atomic mass is 19.1. The van der Waals surface area contributed by atoms with Crippen molar-refractivity contribution < 1.29 is 28.6 Å². The minimum absolute atomic E-state index is 0.0386. The normalized spacial score (nSPS) is 17.0. The van der Waals surface area contributed by atoms with Crippen molar-refractivity contribution in [1.82, 2.24) is 0 Å². The minimum atomic E-state index is -1.14. The number of amides is 1. The van der Waals surface area contributed by atoms with E-state index in [2.05, 4.69) is 0 Å². The molecule has 2 aromatic carbocycles. The number of aliphatic hydroxyl groups excluding tert-OH is 1. The van der Waals surface area contributed by atoms with Crippen molar-refractivity contribution in [3.63, 3.8) is 0 Å². The van der Waals surface area contributed by atoms with Gasteiger partial charge in [-0.2, -0.15) is 0 Å². The van der Waals surface area contributed by atoms with Crippen molar-refractivity contribution in [3.05, 3.63) is 71.0 Å². The molecule has 1 aliphatic rings. The Balaban J connectivity index is 2.19. The molecule has 5 nitrogen and oxygen atoms in total. The number of aromatic hydroxyl groups is 1. The standard InChI is InChI=1S/C21H19F2NO4/c1-11(2)9-17(26)18-19(12-3-6-14(25)7-4-12)24(21(28)20(18)27)16-10-13(22)5-8-15(16)23/h3-8,10-11,19,25,27H,9H2,1-2H3. The van der Waals surface area contributed by atoms with Crippen molar-refractivity contribution in [2.24, 2.45) is 5.92 Å². The number of phenols is 1. The molecular weight excluding hydrogens is 368 g/mol. The van der Waals surface area contributed by atoms with Gasteiger partial charge in [0.05, 0.1) is 17.3 Å². The number of carbonyl (C=O) groups is 2. The maximum Gasteiger partial charge on any atom is 0.294 e. The molecule has 0 spiro atoms. The summed E-state index contributed by atoms with van der Waals surface area (Å²) < 4.78 is 28.2. The number of halogens is 2. The Morgan fingerprint density at radius 1 is 1.11 bits per heavy atom. The zero-order chi connectivity index (χ0) is 20.6. The molecule has 1 aliphatic heterocycles. The van der Waals surface area contributed by atoms with Gasteiger partial charge in [-0.05, 0) is 35.7 Å². The molecule has 1 amide bonds. The molecule has 0 aromatic heterocycles. The van der Waals surface area contributed by atoms with Crippen LogP contribution in [0.1, 0.15) is 31.9 Å². The highest BCUT2D eigenvalue weighted by molar-refractivity contribution is 6.16. The van der Waals surface area contributed by atoms with Crippen LogP contribution in [0, 0.1) is 17.6 Å². The third kappa shape index (κ3) is 3.47. The maximum absolute atomic E-state index is 14.4. The van der Waals surface area contributed by atoms with Crippen molar-refractivity contribution >= 4 is 17.4 Å². The Kier molecular flexibility index (Phi) is 5.18. The first-order chi connectivity index (χ1) is 13.2. The number of benzene rings is 2. The molecule has 0 saturated heterocycles. The Bertz CT molecular complexity index is 967. The van der Waals surface area contributed by atoms with Gasteiger partial charge in [0.2, 0.25) is 0 Å². The SMILES string of the molecule is CC(C)CC(=O)C1=C(O)C(=O)N(c2cc(F)ccc2F)C1c1ccc(O)cc1. The lowest BCUT2D eigenvalue weighted by Gasteiger charge is -2.27. The second-order valence-corrected chi connectivity index (χ2v) is 7.05. The monoisotopic (exact) mass is 387 g/mol. The summed E-state index contributed by atoms with van der Waals surface area (Å²) in [6.07, 6.45) is 0.0702. The van der Waals surface area contributed by atoms with Crippen LogP contribution < -0.4 is 4.90 Å². The van der Waals surface area contributed by atoms with E-state index in [9.17, 15) is 28.6 Å². The first-order valence-electron chi connectivity index (χ1n) is 8.74. The van der Waals surface area contributed by atoms with E-state index in [4.69, 9.17) is 0 Å². The van der Waals surface area contributed by atoms with E-state index < -0.39 is 35.1 Å². The molecule has 28 heavy (non-hydrogen) atoms. The zero-order valence-electron chi connectivity index (χ0n) is 15.3. The molecule has 1 heterocycles. The van der Waals surface area contributed by atoms with Gasteiger partial charge in [0, 0.05) is 12.5 Å². The number of phenolic OH excluding ortho intramolecular Hbond substituents is 1. The summed E-state index contributed by atoms with van der Waals surface area (Å²) in [6.45, 7) is 3.62. The van der Waals surface area contributed by atoms with E-state index in [-0.39, 0.29) is 29.3 Å². The van der Waals surface area contributed by atoms with Crippen LogP contribution in [-0.4, -0.2) is 21.9 Å². The number of Topliss-reactive ketones (excluding diaryl/α,β-unsaturated/α-hetero) is 1. The average Bonchev–Trinajstić information content (AvgIpc) is 2.89. The number of aliphatic hydroxyl groups is 1. The quantitative estimate of drug-likeness (QED) is 0.807. The Morgan fingerprint density at radius 3 is 2.36 bits per heavy atom. The number of carbonyl (C=O) groups excluding carboxylic acids is 2. The predicted molar refractivity (Wildman–Crippen MR) is 98.8 cm³/mol. The Morgan fingerprint density at radius 2 is 1.75 bits per heavy atom. The van der Waals surface area contributed by atoms with E-state index in [1.165, 1.54) is 24.3 Å². The molecule has 1 atom stereocenters. The summed E-state index contributed by atoms with van der Waals surface area (Å²) in [5, 5.41) is 20.0. The largest absolute Gasteiger partial charge is 0.508 e. The van der Waals surface area contributed by atoms with Gasteiger partial charge in [0.25, 0.3) is 5.91 Å². The smallest absolute Gasteiger partial charge is 0.294 e. The van der Waals surface area contributed by atoms with E-state index in [1.54, 1.807) is 0 Å². The van der Waals surface area contributed by atoms with Crippen molar-refractivity contribution in [3.8, 4) is 5.75 Å². The van der Waals surface area contributed by atoms with E-state index in [1.807, 2.05) is 13.8 Å². The molecule has 0 saturated carbocycles. The number of hydrogen-bond acceptors (Lipinski definition) is 4. The highest BCUT2D eigenvalue weighted by Gasteiger charge is 2.45. The van der Waals surface area contributed by atoms with Crippen LogP contribution >= 0.6 is 0 Å². The fourth-order valence-corrected chi connectivity index (χ4v) is 3.26. The van der Waals surface area contributed by atoms with Gasteiger partial charge in [-0.1, -0.05) is 26.0 Å². The molecule has 0 radical (unpaired) electrons. The van der Waals surface area contributed by atoms with Gasteiger partial charge in [-0.3, -0.25) is 14.5 Å². The number of ketones is 1. The van der Waals surface area contributed by atoms with Crippen molar-refractivity contribution in [2.75, 3.05) is 4.90 Å². The molecule has 7 heteroatoms. The van der Waals surface area contributed by atoms with Crippen LogP contribution in [-0.2, 0) is 9.59 Å². The third-order valence-electron chi connectivity index (χ3n) is 4.48. The van der Waals surface area contributed by atoms with Crippen LogP contribution in [0.15, 0.2) is 53.8 Å². The average molecular weight is 387 g/mol. The fourth-order valence-electron chi connectivity index (χ4n) is 3.26. The third-order valence-corrected chi connectivity index (χ3v) is 4.48. The molecular formula is C21H19F2NO4. The first-order valence-corrected chi connectivity index (χ1v) is 8.74. The van der Waals surface area contributed by atoms with E-state index in [0.29, 0.717) is 5.56 Å². The van der Waals surface area contributed by atoms with Gasteiger partial charge in [-0.25, -0.2) is 8.78 Å². The Labute approximate surface area is 160 Å². The predicted octanol–water partition coefficient (Wildman–Crippen LogP) is 4.19. The summed E-state index contributed by atoms with van der Waals surface area (Å²) in [6, 6.07) is 7.08. The molecule has 3 rings (SSSR count). The topological polar surface area (TPSA) is 77.8 Å². The summed E-state index contributed by atoms with van der Waals surface area (Å²) in [4.78, 5) is 26.4. The number of rotatable bonds is 5. The van der Waals surface area contributed by atoms with Crippen LogP contribution in [0.5, 0.6) is 5.75 Å². The van der Waals surface area contributed by atoms with Crippen molar-refractivity contribution in [1.29, 1.82) is 0 Å². The van der Waals surface area contributed by atoms with Crippen LogP contribution in [0.3, 0.4) is 0 Å². The zero-order valence-corrected chi connectivity index (χ0v) is 15.3. The van der Waals surface area contributed by atoms with Gasteiger partial charge < -0.3 is 10.2 Å². The van der Waals surface area contributed by atoms with Crippen LogP contribution in [0.25, 0.3) is 0 Å². The van der Waals surface area contributed by atoms with E-state index in [0.717, 1.165) is 23.1 Å². The van der Waals surface area contributed by atoms with E-state index >= 15 is 0 Å². The molecule has 0 aliphatic carbocycles. The Hall–Kier alpha value is -3.22.